The average Bonchev–Trinajstić information content (AvgIpc) is 3.28. The van der Waals surface area contributed by atoms with E-state index in [-0.39, 0.29) is 11.3 Å². The molecule has 154 valence electrons. The fourth-order valence-corrected chi connectivity index (χ4v) is 3.93. The molecule has 2 heterocycles. The van der Waals surface area contributed by atoms with Crippen LogP contribution in [0.15, 0.2) is 76.4 Å². The maximum Gasteiger partial charge on any atom is 0.290 e. The summed E-state index contributed by atoms with van der Waals surface area (Å²) in [6.45, 7) is 1.32. The first kappa shape index (κ1) is 19.9. The molecule has 1 aromatic heterocycles. The van der Waals surface area contributed by atoms with E-state index in [1.165, 1.54) is 4.90 Å². The minimum Gasteiger partial charge on any atom is -0.503 e. The molecule has 6 heteroatoms. The Balaban J connectivity index is 1.73. The Morgan fingerprint density at radius 2 is 1.80 bits per heavy atom. The predicted molar refractivity (Wildman–Crippen MR) is 113 cm³/mol. The van der Waals surface area contributed by atoms with E-state index in [1.807, 2.05) is 62.6 Å². The molecule has 4 rings (SSSR count). The van der Waals surface area contributed by atoms with Crippen LogP contribution in [0.5, 0.6) is 0 Å². The van der Waals surface area contributed by atoms with E-state index in [0.717, 1.165) is 23.9 Å². The SMILES string of the molecule is C[NH+](C)CCCN1C(=O)C(O)=C(C(=O)c2cc3ccccc3o2)[C@H]1c1ccccc1. The zero-order valence-electron chi connectivity index (χ0n) is 17.1. The van der Waals surface area contributed by atoms with E-state index in [2.05, 4.69) is 0 Å². The van der Waals surface area contributed by atoms with E-state index in [0.29, 0.717) is 12.1 Å². The Morgan fingerprint density at radius 1 is 1.10 bits per heavy atom. The molecule has 0 saturated carbocycles. The second-order valence-corrected chi connectivity index (χ2v) is 7.86. The predicted octanol–water partition coefficient (Wildman–Crippen LogP) is 2.55. The van der Waals surface area contributed by atoms with Crippen molar-refractivity contribution < 1.29 is 24.0 Å². The summed E-state index contributed by atoms with van der Waals surface area (Å²) in [7, 11) is 4.10. The highest BCUT2D eigenvalue weighted by molar-refractivity contribution is 6.16. The zero-order valence-corrected chi connectivity index (χ0v) is 17.1. The van der Waals surface area contributed by atoms with Gasteiger partial charge in [0.1, 0.15) is 5.58 Å². The molecule has 2 aromatic carbocycles. The summed E-state index contributed by atoms with van der Waals surface area (Å²) in [5.74, 6) is -1.36. The van der Waals surface area contributed by atoms with Crippen molar-refractivity contribution in [2.45, 2.75) is 12.5 Å². The van der Waals surface area contributed by atoms with Gasteiger partial charge in [-0.1, -0.05) is 48.5 Å². The number of aliphatic hydroxyl groups excluding tert-OH is 1. The van der Waals surface area contributed by atoms with Crippen molar-refractivity contribution in [1.82, 2.24) is 4.90 Å². The molecule has 0 bridgehead atoms. The number of quaternary nitrogens is 1. The summed E-state index contributed by atoms with van der Waals surface area (Å²) < 4.78 is 5.73. The third-order valence-corrected chi connectivity index (χ3v) is 5.39. The number of benzene rings is 2. The Kier molecular flexibility index (Phi) is 5.42. The topological polar surface area (TPSA) is 75.2 Å². The van der Waals surface area contributed by atoms with E-state index in [1.54, 1.807) is 17.0 Å². The largest absolute Gasteiger partial charge is 0.503 e. The van der Waals surface area contributed by atoms with Crippen LogP contribution in [0.25, 0.3) is 11.0 Å². The number of amides is 1. The number of ketones is 1. The molecule has 0 fully saturated rings. The quantitative estimate of drug-likeness (QED) is 0.593. The molecule has 0 saturated heterocycles. The second kappa shape index (κ2) is 8.16. The number of nitrogens with one attached hydrogen (secondary N) is 1. The van der Waals surface area contributed by atoms with Gasteiger partial charge in [0, 0.05) is 18.4 Å². The van der Waals surface area contributed by atoms with Crippen molar-refractivity contribution in [3.63, 3.8) is 0 Å². The molecule has 3 aromatic rings. The van der Waals surface area contributed by atoms with E-state index < -0.39 is 23.5 Å². The Bertz CT molecular complexity index is 1080. The van der Waals surface area contributed by atoms with Crippen LogP contribution in [-0.4, -0.2) is 48.9 Å². The summed E-state index contributed by atoms with van der Waals surface area (Å²) >= 11 is 0. The number of carbonyl (C=O) groups excluding carboxylic acids is 2. The van der Waals surface area contributed by atoms with Crippen LogP contribution >= 0.6 is 0 Å². The van der Waals surface area contributed by atoms with Crippen LogP contribution in [0, 0.1) is 0 Å². The van der Waals surface area contributed by atoms with Gasteiger partial charge in [-0.2, -0.15) is 0 Å². The van der Waals surface area contributed by atoms with Crippen LogP contribution in [0.3, 0.4) is 0 Å². The lowest BCUT2D eigenvalue weighted by Gasteiger charge is -2.26. The average molecular weight is 405 g/mol. The molecule has 6 nitrogen and oxygen atoms in total. The summed E-state index contributed by atoms with van der Waals surface area (Å²) in [5.41, 5.74) is 1.45. The molecule has 0 aliphatic carbocycles. The fourth-order valence-electron chi connectivity index (χ4n) is 3.93. The molecule has 30 heavy (non-hydrogen) atoms. The lowest BCUT2D eigenvalue weighted by atomic mass is 9.95. The number of para-hydroxylation sites is 1. The number of Topliss-reactive ketones (excluding diaryl/α,β-unsaturated/α-hetero) is 1. The molecule has 2 N–H and O–H groups in total. The maximum absolute atomic E-state index is 13.4. The smallest absolute Gasteiger partial charge is 0.290 e. The van der Waals surface area contributed by atoms with Crippen LogP contribution in [0.1, 0.15) is 28.6 Å². The van der Waals surface area contributed by atoms with Gasteiger partial charge in [0.2, 0.25) is 5.78 Å². The first-order chi connectivity index (χ1) is 14.5. The number of aliphatic hydroxyl groups is 1. The number of hydrogen-bond donors (Lipinski definition) is 2. The standard InChI is InChI=1S/C24H24N2O4/c1-25(2)13-8-14-26-21(16-9-4-3-5-10-16)20(23(28)24(26)29)22(27)19-15-17-11-6-7-12-18(17)30-19/h3-7,9-12,15,21,28H,8,13-14H2,1-2H3/p+1/t21-/m1/s1. The number of nitrogens with zero attached hydrogens (tertiary/aromatic N) is 1. The molecule has 1 aliphatic heterocycles. The van der Waals surface area contributed by atoms with Crippen LogP contribution < -0.4 is 4.90 Å². The molecule has 0 spiro atoms. The lowest BCUT2D eigenvalue weighted by Crippen LogP contribution is -3.05. The van der Waals surface area contributed by atoms with E-state index >= 15 is 0 Å². The highest BCUT2D eigenvalue weighted by Gasteiger charge is 2.44. The van der Waals surface area contributed by atoms with Gasteiger partial charge in [-0.25, -0.2) is 0 Å². The van der Waals surface area contributed by atoms with E-state index in [9.17, 15) is 14.7 Å². The van der Waals surface area contributed by atoms with Crippen molar-refractivity contribution >= 4 is 22.7 Å². The minimum atomic E-state index is -0.642. The number of carbonyl (C=O) groups is 2. The van der Waals surface area contributed by atoms with Crippen LogP contribution in [-0.2, 0) is 4.79 Å². The number of rotatable bonds is 7. The molecular weight excluding hydrogens is 380 g/mol. The van der Waals surface area contributed by atoms with Crippen LogP contribution in [0.4, 0.5) is 0 Å². The van der Waals surface area contributed by atoms with Gasteiger partial charge in [-0.3, -0.25) is 9.59 Å². The molecule has 1 atom stereocenters. The van der Waals surface area contributed by atoms with Crippen molar-refractivity contribution in [3.05, 3.63) is 83.3 Å². The molecule has 1 aliphatic rings. The number of hydrogen-bond acceptors (Lipinski definition) is 4. The first-order valence-corrected chi connectivity index (χ1v) is 10.1. The Morgan fingerprint density at radius 3 is 2.50 bits per heavy atom. The maximum atomic E-state index is 13.4. The lowest BCUT2D eigenvalue weighted by molar-refractivity contribution is -0.858. The molecular formula is C24H25N2O4+. The van der Waals surface area contributed by atoms with Gasteiger partial charge in [0.05, 0.1) is 32.3 Å². The van der Waals surface area contributed by atoms with Gasteiger partial charge in [0.25, 0.3) is 5.91 Å². The summed E-state index contributed by atoms with van der Waals surface area (Å²) in [5, 5.41) is 11.5. The Hall–Kier alpha value is -3.38. The molecule has 1 amide bonds. The monoisotopic (exact) mass is 405 g/mol. The second-order valence-electron chi connectivity index (χ2n) is 7.86. The third-order valence-electron chi connectivity index (χ3n) is 5.39. The molecule has 0 radical (unpaired) electrons. The van der Waals surface area contributed by atoms with Gasteiger partial charge in [-0.05, 0) is 17.7 Å². The number of fused-ring (bicyclic) bond motifs is 1. The zero-order chi connectivity index (χ0) is 21.3. The molecule has 0 unspecified atom stereocenters. The van der Waals surface area contributed by atoms with Crippen molar-refractivity contribution in [2.75, 3.05) is 27.2 Å². The van der Waals surface area contributed by atoms with Gasteiger partial charge in [-0.15, -0.1) is 0 Å². The van der Waals surface area contributed by atoms with Crippen molar-refractivity contribution in [2.24, 2.45) is 0 Å². The highest BCUT2D eigenvalue weighted by atomic mass is 16.3. The summed E-state index contributed by atoms with van der Waals surface area (Å²) in [4.78, 5) is 29.2. The minimum absolute atomic E-state index is 0.0717. The Labute approximate surface area is 175 Å². The van der Waals surface area contributed by atoms with Crippen LogP contribution in [0.2, 0.25) is 0 Å². The summed E-state index contributed by atoms with van der Waals surface area (Å²) in [6.07, 6.45) is 0.761. The van der Waals surface area contributed by atoms with Crippen molar-refractivity contribution in [3.8, 4) is 0 Å². The normalized spacial score (nSPS) is 16.8. The summed E-state index contributed by atoms with van der Waals surface area (Å²) in [6, 6.07) is 17.7. The number of furan rings is 1. The third kappa shape index (κ3) is 3.62. The van der Waals surface area contributed by atoms with Gasteiger partial charge < -0.3 is 19.3 Å². The van der Waals surface area contributed by atoms with Crippen molar-refractivity contribution in [1.29, 1.82) is 0 Å². The van der Waals surface area contributed by atoms with Gasteiger partial charge >= 0.3 is 0 Å². The first-order valence-electron chi connectivity index (χ1n) is 10.1. The fraction of sp³-hybridized carbons (Fsp3) is 0.250. The van der Waals surface area contributed by atoms with Gasteiger partial charge in [0.15, 0.2) is 11.5 Å². The highest BCUT2D eigenvalue weighted by Crippen LogP contribution is 2.39. The van der Waals surface area contributed by atoms with E-state index in [4.69, 9.17) is 4.42 Å².